The molecule has 0 spiro atoms. The van der Waals surface area contributed by atoms with E-state index in [9.17, 15) is 19.5 Å². The molecule has 3 rings (SSSR count). The number of hydrogen-bond acceptors (Lipinski definition) is 6. The van der Waals surface area contributed by atoms with Crippen molar-refractivity contribution in [1.29, 1.82) is 0 Å². The Hall–Kier alpha value is -2.47. The van der Waals surface area contributed by atoms with E-state index in [1.165, 1.54) is 12.2 Å². The second-order valence-corrected chi connectivity index (χ2v) is 7.32. The molecule has 0 unspecified atom stereocenters. The van der Waals surface area contributed by atoms with E-state index in [0.29, 0.717) is 16.7 Å². The first-order valence-corrected chi connectivity index (χ1v) is 8.50. The maximum absolute atomic E-state index is 12.5. The Kier molecular flexibility index (Phi) is 4.48. The van der Waals surface area contributed by atoms with Crippen molar-refractivity contribution in [3.63, 3.8) is 0 Å². The lowest BCUT2D eigenvalue weighted by molar-refractivity contribution is -0.156. The van der Waals surface area contributed by atoms with Gasteiger partial charge in [0.25, 0.3) is 0 Å². The molecule has 1 aliphatic heterocycles. The van der Waals surface area contributed by atoms with Crippen molar-refractivity contribution >= 4 is 17.7 Å². The van der Waals surface area contributed by atoms with Crippen LogP contribution in [0.25, 0.3) is 0 Å². The van der Waals surface area contributed by atoms with E-state index in [0.717, 1.165) is 5.57 Å². The Morgan fingerprint density at radius 1 is 1.31 bits per heavy atom. The fraction of sp³-hybridized carbons (Fsp3) is 0.450. The van der Waals surface area contributed by atoms with Gasteiger partial charge in [-0.25, -0.2) is 9.59 Å². The summed E-state index contributed by atoms with van der Waals surface area (Å²) in [6.45, 7) is 10.7. The van der Waals surface area contributed by atoms with E-state index in [1.807, 2.05) is 0 Å². The Morgan fingerprint density at radius 3 is 2.58 bits per heavy atom. The Bertz CT molecular complexity index is 808. The van der Waals surface area contributed by atoms with Crippen LogP contribution in [0.2, 0.25) is 0 Å². The number of ether oxygens (including phenoxy) is 2. The van der Waals surface area contributed by atoms with Gasteiger partial charge < -0.3 is 14.6 Å². The van der Waals surface area contributed by atoms with Crippen molar-refractivity contribution in [2.24, 2.45) is 11.8 Å². The van der Waals surface area contributed by atoms with E-state index in [1.54, 1.807) is 27.7 Å². The fourth-order valence-corrected chi connectivity index (χ4v) is 4.05. The van der Waals surface area contributed by atoms with E-state index in [4.69, 9.17) is 9.47 Å². The van der Waals surface area contributed by atoms with Crippen molar-refractivity contribution in [2.75, 3.05) is 0 Å². The summed E-state index contributed by atoms with van der Waals surface area (Å²) in [5.41, 5.74) is 2.50. The van der Waals surface area contributed by atoms with Crippen LogP contribution < -0.4 is 0 Å². The maximum Gasteiger partial charge on any atom is 0.334 e. The van der Waals surface area contributed by atoms with Crippen LogP contribution in [-0.2, 0) is 23.9 Å². The number of allylic oxidation sites excluding steroid dienone is 2. The van der Waals surface area contributed by atoms with Crippen LogP contribution >= 0.6 is 0 Å². The number of hydrogen-bond donors (Lipinski definition) is 1. The van der Waals surface area contributed by atoms with Crippen LogP contribution in [0, 0.1) is 11.8 Å². The predicted octanol–water partition coefficient (Wildman–Crippen LogP) is 1.80. The third-order valence-electron chi connectivity index (χ3n) is 5.20. The molecule has 1 heterocycles. The van der Waals surface area contributed by atoms with Crippen LogP contribution in [0.5, 0.6) is 0 Å². The van der Waals surface area contributed by atoms with Gasteiger partial charge in [-0.2, -0.15) is 0 Å². The lowest BCUT2D eigenvalue weighted by Crippen LogP contribution is -2.40. The monoisotopic (exact) mass is 358 g/mol. The van der Waals surface area contributed by atoms with Gasteiger partial charge in [0, 0.05) is 23.1 Å². The van der Waals surface area contributed by atoms with Gasteiger partial charge in [-0.15, -0.1) is 0 Å². The molecule has 0 radical (unpaired) electrons. The second kappa shape index (κ2) is 6.36. The van der Waals surface area contributed by atoms with Crippen molar-refractivity contribution < 1.29 is 29.0 Å². The topological polar surface area (TPSA) is 89.9 Å². The molecule has 1 fully saturated rings. The van der Waals surface area contributed by atoms with Gasteiger partial charge in [-0.05, 0) is 39.3 Å². The highest BCUT2D eigenvalue weighted by Crippen LogP contribution is 2.47. The quantitative estimate of drug-likeness (QED) is 0.598. The molecule has 0 aromatic rings. The van der Waals surface area contributed by atoms with Gasteiger partial charge in [0.2, 0.25) is 0 Å². The van der Waals surface area contributed by atoms with Gasteiger partial charge in [0.05, 0.1) is 12.0 Å². The molecule has 0 amide bonds. The molecule has 1 saturated heterocycles. The summed E-state index contributed by atoms with van der Waals surface area (Å²) in [7, 11) is 0. The number of aliphatic hydroxyl groups excluding tert-OH is 1. The van der Waals surface area contributed by atoms with Crippen LogP contribution in [0.4, 0.5) is 0 Å². The van der Waals surface area contributed by atoms with E-state index in [-0.39, 0.29) is 11.4 Å². The molecule has 1 N–H and O–H groups in total. The average Bonchev–Trinajstić information content (AvgIpc) is 2.96. The van der Waals surface area contributed by atoms with Crippen LogP contribution in [0.1, 0.15) is 27.7 Å². The molecular weight excluding hydrogens is 336 g/mol. The fourth-order valence-electron chi connectivity index (χ4n) is 4.05. The van der Waals surface area contributed by atoms with E-state index < -0.39 is 42.1 Å². The molecule has 6 heteroatoms. The lowest BCUT2D eigenvalue weighted by Gasteiger charge is -2.28. The van der Waals surface area contributed by atoms with Gasteiger partial charge in [-0.3, -0.25) is 4.79 Å². The van der Waals surface area contributed by atoms with Crippen LogP contribution in [-0.4, -0.2) is 41.1 Å². The molecule has 0 bridgehead atoms. The number of fused-ring (bicyclic) bond motifs is 2. The minimum absolute atomic E-state index is 0.131. The Labute approximate surface area is 151 Å². The summed E-state index contributed by atoms with van der Waals surface area (Å²) in [5.74, 6) is -2.74. The minimum Gasteiger partial charge on any atom is -0.454 e. The second-order valence-electron chi connectivity index (χ2n) is 7.32. The highest BCUT2D eigenvalue weighted by Gasteiger charge is 2.55. The zero-order chi connectivity index (χ0) is 19.3. The third kappa shape index (κ3) is 2.74. The molecule has 5 atom stereocenters. The standard InChI is InChI=1S/C20H22O6/c1-8(2)6-13(22)25-18-10(4)15-12(21)7-9(3)14(15)17(23)16-11(5)20(24)26-19(16)18/h6-7,14,16-19,23H,5H2,1-4H3/t14-,16-,17+,18+,19-/m0/s1. The lowest BCUT2D eigenvalue weighted by atomic mass is 9.81. The molecule has 26 heavy (non-hydrogen) atoms. The molecule has 2 aliphatic carbocycles. The van der Waals surface area contributed by atoms with Gasteiger partial charge in [0.15, 0.2) is 18.0 Å². The molecule has 0 saturated carbocycles. The molecule has 0 aromatic carbocycles. The number of ketones is 1. The van der Waals surface area contributed by atoms with Gasteiger partial charge in [0.1, 0.15) is 0 Å². The zero-order valence-corrected chi connectivity index (χ0v) is 15.2. The number of carbonyl (C=O) groups is 3. The van der Waals surface area contributed by atoms with Crippen molar-refractivity contribution in [3.05, 3.63) is 46.6 Å². The summed E-state index contributed by atoms with van der Waals surface area (Å²) >= 11 is 0. The summed E-state index contributed by atoms with van der Waals surface area (Å²) in [5, 5.41) is 10.9. The summed E-state index contributed by atoms with van der Waals surface area (Å²) in [4.78, 5) is 36.7. The van der Waals surface area contributed by atoms with Crippen molar-refractivity contribution in [3.8, 4) is 0 Å². The number of esters is 2. The summed E-state index contributed by atoms with van der Waals surface area (Å²) < 4.78 is 11.0. The zero-order valence-electron chi connectivity index (χ0n) is 15.2. The Balaban J connectivity index is 2.11. The largest absolute Gasteiger partial charge is 0.454 e. The first-order chi connectivity index (χ1) is 12.1. The number of carbonyl (C=O) groups excluding carboxylic acids is 3. The predicted molar refractivity (Wildman–Crippen MR) is 92.8 cm³/mol. The molecular formula is C20H22O6. The minimum atomic E-state index is -1.06. The number of aliphatic hydroxyl groups is 1. The molecule has 6 nitrogen and oxygen atoms in total. The van der Waals surface area contributed by atoms with Crippen molar-refractivity contribution in [2.45, 2.75) is 46.0 Å². The highest BCUT2D eigenvalue weighted by atomic mass is 16.6. The number of rotatable bonds is 2. The summed E-state index contributed by atoms with van der Waals surface area (Å²) in [6, 6.07) is 0. The smallest absolute Gasteiger partial charge is 0.334 e. The van der Waals surface area contributed by atoms with Gasteiger partial charge in [-0.1, -0.05) is 17.7 Å². The maximum atomic E-state index is 12.5. The molecule has 0 aromatic heterocycles. The summed E-state index contributed by atoms with van der Waals surface area (Å²) in [6.07, 6.45) is -0.110. The first kappa shape index (κ1) is 18.3. The molecule has 3 aliphatic rings. The van der Waals surface area contributed by atoms with Crippen molar-refractivity contribution in [1.82, 2.24) is 0 Å². The normalized spacial score (nSPS) is 33.2. The Morgan fingerprint density at radius 2 is 1.96 bits per heavy atom. The van der Waals surface area contributed by atoms with E-state index >= 15 is 0 Å². The highest BCUT2D eigenvalue weighted by molar-refractivity contribution is 6.09. The average molecular weight is 358 g/mol. The third-order valence-corrected chi connectivity index (χ3v) is 5.20. The first-order valence-electron chi connectivity index (χ1n) is 8.50. The van der Waals surface area contributed by atoms with E-state index in [2.05, 4.69) is 6.58 Å². The van der Waals surface area contributed by atoms with Gasteiger partial charge >= 0.3 is 11.9 Å². The SMILES string of the molecule is C=C1C(=O)O[C@H]2[C@@H]1[C@H](O)[C@H]1C(C)=CC(=O)C1=C(C)[C@H]2OC(=O)C=C(C)C. The molecule has 138 valence electrons. The van der Waals surface area contributed by atoms with Crippen LogP contribution in [0.15, 0.2) is 46.6 Å². The van der Waals surface area contributed by atoms with Crippen LogP contribution in [0.3, 0.4) is 0 Å².